The zero-order chi connectivity index (χ0) is 20.6. The van der Waals surface area contributed by atoms with Crippen molar-refractivity contribution in [3.63, 3.8) is 0 Å². The Morgan fingerprint density at radius 1 is 1.03 bits per heavy atom. The fourth-order valence-electron chi connectivity index (χ4n) is 3.11. The van der Waals surface area contributed by atoms with Gasteiger partial charge in [-0.2, -0.15) is 0 Å². The largest absolute Gasteiger partial charge is 0.459 e. The van der Waals surface area contributed by atoms with Crippen LogP contribution in [-0.2, 0) is 17.8 Å². The van der Waals surface area contributed by atoms with Gasteiger partial charge in [0.2, 0.25) is 5.91 Å². The number of halogens is 1. The number of furan rings is 1. The Morgan fingerprint density at radius 2 is 1.79 bits per heavy atom. The van der Waals surface area contributed by atoms with Gasteiger partial charge in [0.15, 0.2) is 5.76 Å². The summed E-state index contributed by atoms with van der Waals surface area (Å²) in [6.45, 7) is 2.54. The second-order valence-electron chi connectivity index (χ2n) is 6.68. The lowest BCUT2D eigenvalue weighted by Gasteiger charge is -2.27. The van der Waals surface area contributed by atoms with Crippen LogP contribution in [0.1, 0.15) is 28.6 Å². The number of rotatable bonds is 8. The predicted octanol–water partition coefficient (Wildman–Crippen LogP) is 3.81. The molecule has 0 aliphatic carbocycles. The first-order valence-electron chi connectivity index (χ1n) is 9.48. The minimum Gasteiger partial charge on any atom is -0.459 e. The molecule has 2 amide bonds. The van der Waals surface area contributed by atoms with Crippen molar-refractivity contribution in [3.8, 4) is 0 Å². The summed E-state index contributed by atoms with van der Waals surface area (Å²) in [7, 11) is 0. The molecule has 0 aliphatic heterocycles. The van der Waals surface area contributed by atoms with Crippen LogP contribution in [0.2, 0.25) is 0 Å². The Kier molecular flexibility index (Phi) is 6.79. The molecule has 3 rings (SSSR count). The van der Waals surface area contributed by atoms with Gasteiger partial charge >= 0.3 is 0 Å². The summed E-state index contributed by atoms with van der Waals surface area (Å²) in [5.74, 6) is -0.895. The highest BCUT2D eigenvalue weighted by atomic mass is 19.1. The van der Waals surface area contributed by atoms with Crippen molar-refractivity contribution in [1.29, 1.82) is 0 Å². The van der Waals surface area contributed by atoms with Crippen LogP contribution in [0.15, 0.2) is 77.4 Å². The van der Waals surface area contributed by atoms with Gasteiger partial charge in [-0.15, -0.1) is 0 Å². The molecule has 29 heavy (non-hydrogen) atoms. The number of nitrogens with one attached hydrogen (secondary N) is 1. The molecule has 0 aliphatic rings. The minimum atomic E-state index is -0.775. The van der Waals surface area contributed by atoms with Gasteiger partial charge in [-0.3, -0.25) is 9.59 Å². The maximum Gasteiger partial charge on any atom is 0.287 e. The van der Waals surface area contributed by atoms with Gasteiger partial charge in [-0.1, -0.05) is 42.5 Å². The quantitative estimate of drug-likeness (QED) is 0.632. The standard InChI is InChI=1S/C23H23FN2O3/c1-2-26(16-18-10-6-11-19(24)14-18)23(28)20(15-17-8-4-3-5-9-17)25-22(27)21-12-7-13-29-21/h3-14,20H,2,15-16H2,1H3,(H,25,27). The van der Waals surface area contributed by atoms with Crippen LogP contribution in [0.3, 0.4) is 0 Å². The fraction of sp³-hybridized carbons (Fsp3) is 0.217. The number of likely N-dealkylation sites (N-methyl/N-ethyl adjacent to an activating group) is 1. The van der Waals surface area contributed by atoms with Gasteiger partial charge in [0.05, 0.1) is 6.26 Å². The summed E-state index contributed by atoms with van der Waals surface area (Å²) >= 11 is 0. The number of carbonyl (C=O) groups excluding carboxylic acids is 2. The second-order valence-corrected chi connectivity index (χ2v) is 6.68. The van der Waals surface area contributed by atoms with Crippen molar-refractivity contribution >= 4 is 11.8 Å². The molecule has 0 bridgehead atoms. The second kappa shape index (κ2) is 9.68. The molecular formula is C23H23FN2O3. The van der Waals surface area contributed by atoms with Gasteiger partial charge in [0, 0.05) is 19.5 Å². The van der Waals surface area contributed by atoms with E-state index in [0.29, 0.717) is 18.5 Å². The highest BCUT2D eigenvalue weighted by Gasteiger charge is 2.27. The van der Waals surface area contributed by atoms with E-state index in [1.807, 2.05) is 37.3 Å². The van der Waals surface area contributed by atoms with E-state index in [2.05, 4.69) is 5.32 Å². The van der Waals surface area contributed by atoms with Crippen LogP contribution < -0.4 is 5.32 Å². The molecule has 0 fully saturated rings. The van der Waals surface area contributed by atoms with Crippen molar-refractivity contribution in [2.75, 3.05) is 6.54 Å². The third-order valence-electron chi connectivity index (χ3n) is 4.59. The first-order chi connectivity index (χ1) is 14.1. The summed E-state index contributed by atoms with van der Waals surface area (Å²) in [5.41, 5.74) is 1.61. The van der Waals surface area contributed by atoms with Gasteiger partial charge in [-0.25, -0.2) is 4.39 Å². The minimum absolute atomic E-state index is 0.143. The maximum absolute atomic E-state index is 13.5. The molecule has 1 heterocycles. The van der Waals surface area contributed by atoms with Crippen molar-refractivity contribution < 1.29 is 18.4 Å². The van der Waals surface area contributed by atoms with Gasteiger partial charge in [0.25, 0.3) is 5.91 Å². The third-order valence-corrected chi connectivity index (χ3v) is 4.59. The van der Waals surface area contributed by atoms with Crippen LogP contribution in [0.25, 0.3) is 0 Å². The molecule has 1 unspecified atom stereocenters. The first kappa shape index (κ1) is 20.3. The zero-order valence-corrected chi connectivity index (χ0v) is 16.2. The average Bonchev–Trinajstić information content (AvgIpc) is 3.27. The molecule has 0 radical (unpaired) electrons. The topological polar surface area (TPSA) is 62.6 Å². The monoisotopic (exact) mass is 394 g/mol. The summed E-state index contributed by atoms with van der Waals surface area (Å²) in [6.07, 6.45) is 1.75. The SMILES string of the molecule is CCN(Cc1cccc(F)c1)C(=O)C(Cc1ccccc1)NC(=O)c1ccco1. The fourth-order valence-corrected chi connectivity index (χ4v) is 3.11. The van der Waals surface area contributed by atoms with E-state index in [4.69, 9.17) is 4.42 Å². The molecule has 5 nitrogen and oxygen atoms in total. The van der Waals surface area contributed by atoms with Crippen LogP contribution in [0, 0.1) is 5.82 Å². The van der Waals surface area contributed by atoms with Crippen LogP contribution in [-0.4, -0.2) is 29.3 Å². The van der Waals surface area contributed by atoms with Crippen molar-refractivity contribution in [3.05, 3.63) is 95.7 Å². The van der Waals surface area contributed by atoms with Crippen LogP contribution >= 0.6 is 0 Å². The normalized spacial score (nSPS) is 11.7. The van der Waals surface area contributed by atoms with Crippen molar-refractivity contribution in [1.82, 2.24) is 10.2 Å². The number of nitrogens with zero attached hydrogens (tertiary/aromatic N) is 1. The average molecular weight is 394 g/mol. The molecule has 1 N–H and O–H groups in total. The van der Waals surface area contributed by atoms with Gasteiger partial charge < -0.3 is 14.6 Å². The lowest BCUT2D eigenvalue weighted by molar-refractivity contribution is -0.133. The summed E-state index contributed by atoms with van der Waals surface area (Å²) < 4.78 is 18.7. The summed E-state index contributed by atoms with van der Waals surface area (Å²) in [4.78, 5) is 27.4. The van der Waals surface area contributed by atoms with Crippen LogP contribution in [0.4, 0.5) is 4.39 Å². The Morgan fingerprint density at radius 3 is 2.45 bits per heavy atom. The van der Waals surface area contributed by atoms with E-state index in [0.717, 1.165) is 5.56 Å². The number of carbonyl (C=O) groups is 2. The molecule has 0 saturated heterocycles. The number of benzene rings is 2. The lowest BCUT2D eigenvalue weighted by Crippen LogP contribution is -2.49. The summed E-state index contributed by atoms with van der Waals surface area (Å²) in [6, 6.07) is 18.0. The van der Waals surface area contributed by atoms with Gasteiger partial charge in [-0.05, 0) is 42.3 Å². The smallest absolute Gasteiger partial charge is 0.287 e. The lowest BCUT2D eigenvalue weighted by atomic mass is 10.0. The Labute approximate surface area is 169 Å². The van der Waals surface area contributed by atoms with Crippen LogP contribution in [0.5, 0.6) is 0 Å². The molecule has 2 aromatic carbocycles. The molecule has 1 aromatic heterocycles. The molecular weight excluding hydrogens is 371 g/mol. The van der Waals surface area contributed by atoms with E-state index in [-0.39, 0.29) is 24.0 Å². The maximum atomic E-state index is 13.5. The molecule has 6 heteroatoms. The van der Waals surface area contributed by atoms with E-state index >= 15 is 0 Å². The predicted molar refractivity (Wildman–Crippen MR) is 108 cm³/mol. The zero-order valence-electron chi connectivity index (χ0n) is 16.2. The molecule has 1 atom stereocenters. The number of hydrogen-bond donors (Lipinski definition) is 1. The molecule has 0 spiro atoms. The van der Waals surface area contributed by atoms with E-state index in [9.17, 15) is 14.0 Å². The van der Waals surface area contributed by atoms with Crippen molar-refractivity contribution in [2.45, 2.75) is 25.9 Å². The van der Waals surface area contributed by atoms with E-state index < -0.39 is 11.9 Å². The van der Waals surface area contributed by atoms with Gasteiger partial charge in [0.1, 0.15) is 11.9 Å². The Balaban J connectivity index is 1.80. The first-order valence-corrected chi connectivity index (χ1v) is 9.48. The highest BCUT2D eigenvalue weighted by Crippen LogP contribution is 2.12. The third kappa shape index (κ3) is 5.54. The Bertz CT molecular complexity index is 942. The highest BCUT2D eigenvalue weighted by molar-refractivity contribution is 5.95. The van der Waals surface area contributed by atoms with E-state index in [1.54, 1.807) is 29.2 Å². The molecule has 3 aromatic rings. The summed E-state index contributed by atoms with van der Waals surface area (Å²) in [5, 5.41) is 2.78. The van der Waals surface area contributed by atoms with Crippen molar-refractivity contribution in [2.24, 2.45) is 0 Å². The molecule has 150 valence electrons. The Hall–Kier alpha value is -3.41. The molecule has 0 saturated carbocycles. The van der Waals surface area contributed by atoms with E-state index in [1.165, 1.54) is 18.4 Å². The number of hydrogen-bond acceptors (Lipinski definition) is 3. The number of amides is 2.